The predicted molar refractivity (Wildman–Crippen MR) is 83.0 cm³/mol. The summed E-state index contributed by atoms with van der Waals surface area (Å²) in [6.45, 7) is 1.56. The van der Waals surface area contributed by atoms with E-state index in [1.807, 2.05) is 0 Å². The van der Waals surface area contributed by atoms with Gasteiger partial charge >= 0.3 is 5.97 Å². The number of rotatable bonds is 4. The van der Waals surface area contributed by atoms with E-state index in [2.05, 4.69) is 4.74 Å². The van der Waals surface area contributed by atoms with E-state index in [1.54, 1.807) is 6.92 Å². The quantitative estimate of drug-likeness (QED) is 0.832. The van der Waals surface area contributed by atoms with Gasteiger partial charge in [-0.25, -0.2) is 0 Å². The molecule has 0 radical (unpaired) electrons. The van der Waals surface area contributed by atoms with Crippen LogP contribution in [-0.4, -0.2) is 23.3 Å². The van der Waals surface area contributed by atoms with Gasteiger partial charge in [0.1, 0.15) is 11.5 Å². The van der Waals surface area contributed by atoms with Crippen molar-refractivity contribution in [2.75, 3.05) is 7.11 Å². The molecule has 2 aromatic rings. The molecule has 0 fully saturated rings. The van der Waals surface area contributed by atoms with Gasteiger partial charge in [0.15, 0.2) is 5.76 Å². The van der Waals surface area contributed by atoms with Crippen LogP contribution in [0.15, 0.2) is 33.5 Å². The first kappa shape index (κ1) is 16.9. The maximum atomic E-state index is 11.8. The Morgan fingerprint density at radius 2 is 2.04 bits per heavy atom. The van der Waals surface area contributed by atoms with Crippen molar-refractivity contribution in [3.8, 4) is 11.5 Å². The van der Waals surface area contributed by atoms with Gasteiger partial charge < -0.3 is 19.4 Å². The molecule has 0 bridgehead atoms. The van der Waals surface area contributed by atoms with Crippen LogP contribution in [0.1, 0.15) is 29.4 Å². The molecule has 0 aliphatic carbocycles. The van der Waals surface area contributed by atoms with Gasteiger partial charge in [-0.15, -0.1) is 0 Å². The summed E-state index contributed by atoms with van der Waals surface area (Å²) in [5, 5.41) is 19.6. The number of phenols is 1. The lowest BCUT2D eigenvalue weighted by Crippen LogP contribution is -2.13. The number of aromatic hydroxyl groups is 2. The number of halogens is 1. The molecule has 0 saturated carbocycles. The predicted octanol–water partition coefficient (Wildman–Crippen LogP) is 2.71. The second-order valence-corrected chi connectivity index (χ2v) is 5.39. The summed E-state index contributed by atoms with van der Waals surface area (Å²) in [7, 11) is 1.23. The van der Waals surface area contributed by atoms with Crippen LogP contribution in [0, 0.1) is 6.92 Å². The molecule has 0 spiro atoms. The minimum absolute atomic E-state index is 0.0536. The Labute approximate surface area is 136 Å². The smallest absolute Gasteiger partial charge is 0.306 e. The lowest BCUT2D eigenvalue weighted by molar-refractivity contribution is -0.140. The number of methoxy groups -OCH3 is 1. The van der Waals surface area contributed by atoms with Crippen LogP contribution in [0.3, 0.4) is 0 Å². The van der Waals surface area contributed by atoms with E-state index >= 15 is 0 Å². The number of carbonyl (C=O) groups excluding carboxylic acids is 1. The van der Waals surface area contributed by atoms with Crippen molar-refractivity contribution in [1.29, 1.82) is 0 Å². The van der Waals surface area contributed by atoms with E-state index in [4.69, 9.17) is 16.0 Å². The minimum atomic E-state index is -0.784. The molecule has 1 aromatic carbocycles. The van der Waals surface area contributed by atoms with E-state index in [9.17, 15) is 19.8 Å². The van der Waals surface area contributed by atoms with Gasteiger partial charge in [0.05, 0.1) is 24.5 Å². The van der Waals surface area contributed by atoms with Crippen LogP contribution >= 0.6 is 11.6 Å². The number of benzene rings is 1. The summed E-state index contributed by atoms with van der Waals surface area (Å²) in [4.78, 5) is 23.5. The molecule has 2 N–H and O–H groups in total. The highest BCUT2D eigenvalue weighted by atomic mass is 35.5. The molecular weight excluding hydrogens is 324 g/mol. The van der Waals surface area contributed by atoms with Crippen molar-refractivity contribution in [2.24, 2.45) is 0 Å². The summed E-state index contributed by atoms with van der Waals surface area (Å²) in [6, 6.07) is 5.47. The summed E-state index contributed by atoms with van der Waals surface area (Å²) >= 11 is 5.90. The Balaban J connectivity index is 2.61. The van der Waals surface area contributed by atoms with Gasteiger partial charge in [0.25, 0.3) is 0 Å². The van der Waals surface area contributed by atoms with Crippen molar-refractivity contribution in [2.45, 2.75) is 19.3 Å². The standard InChI is InChI=1S/C16H15ClO6/c1-8-5-13(19)15(21)16(23-8)10(7-14(20)22-2)9-3-4-12(18)11(17)6-9/h3-6,10,18,21H,7H2,1-2H3/t10-/m1/s1. The summed E-state index contributed by atoms with van der Waals surface area (Å²) in [5.74, 6) is -1.79. The van der Waals surface area contributed by atoms with E-state index in [0.29, 0.717) is 11.3 Å². The van der Waals surface area contributed by atoms with Crippen LogP contribution in [0.2, 0.25) is 5.02 Å². The third-order valence-corrected chi connectivity index (χ3v) is 3.66. The van der Waals surface area contributed by atoms with Crippen molar-refractivity contribution in [3.63, 3.8) is 0 Å². The average molecular weight is 339 g/mol. The number of phenolic OH excluding ortho intramolecular Hbond substituents is 1. The third-order valence-electron chi connectivity index (χ3n) is 3.36. The highest BCUT2D eigenvalue weighted by Gasteiger charge is 2.26. The number of aryl methyl sites for hydroxylation is 1. The molecular formula is C16H15ClO6. The van der Waals surface area contributed by atoms with Crippen molar-refractivity contribution >= 4 is 17.6 Å². The van der Waals surface area contributed by atoms with Crippen LogP contribution in [0.4, 0.5) is 0 Å². The van der Waals surface area contributed by atoms with E-state index < -0.39 is 23.1 Å². The second kappa shape index (κ2) is 6.75. The topological polar surface area (TPSA) is 97.0 Å². The normalized spacial score (nSPS) is 12.0. The number of hydrogen-bond donors (Lipinski definition) is 2. The Bertz CT molecular complexity index is 796. The largest absolute Gasteiger partial charge is 0.506 e. The van der Waals surface area contributed by atoms with Crippen molar-refractivity contribution in [1.82, 2.24) is 0 Å². The summed E-state index contributed by atoms with van der Waals surface area (Å²) in [5.41, 5.74) is -0.120. The maximum absolute atomic E-state index is 11.8. The Morgan fingerprint density at radius 1 is 1.35 bits per heavy atom. The third kappa shape index (κ3) is 3.65. The Morgan fingerprint density at radius 3 is 2.65 bits per heavy atom. The van der Waals surface area contributed by atoms with Crippen LogP contribution < -0.4 is 5.43 Å². The number of hydrogen-bond acceptors (Lipinski definition) is 6. The molecule has 23 heavy (non-hydrogen) atoms. The first-order chi connectivity index (χ1) is 10.8. The molecule has 7 heteroatoms. The van der Waals surface area contributed by atoms with Gasteiger partial charge in [-0.2, -0.15) is 0 Å². The van der Waals surface area contributed by atoms with Gasteiger partial charge in [-0.1, -0.05) is 17.7 Å². The van der Waals surface area contributed by atoms with Crippen molar-refractivity contribution < 1.29 is 24.2 Å². The second-order valence-electron chi connectivity index (χ2n) is 4.98. The molecule has 0 aliphatic rings. The van der Waals surface area contributed by atoms with Crippen LogP contribution in [-0.2, 0) is 9.53 Å². The molecule has 0 unspecified atom stereocenters. The molecule has 0 amide bonds. The molecule has 6 nitrogen and oxygen atoms in total. The average Bonchev–Trinajstić information content (AvgIpc) is 2.51. The Kier molecular flexibility index (Phi) is 4.95. The fourth-order valence-corrected chi connectivity index (χ4v) is 2.40. The van der Waals surface area contributed by atoms with Gasteiger partial charge in [0.2, 0.25) is 11.2 Å². The SMILES string of the molecule is COC(=O)C[C@H](c1ccc(O)c(Cl)c1)c1oc(C)cc(=O)c1O. The number of esters is 1. The van der Waals surface area contributed by atoms with Crippen LogP contribution in [0.25, 0.3) is 0 Å². The fraction of sp³-hybridized carbons (Fsp3) is 0.250. The zero-order valence-electron chi connectivity index (χ0n) is 12.5. The number of carbonyl (C=O) groups is 1. The number of ether oxygens (including phenoxy) is 1. The van der Waals surface area contributed by atoms with Crippen LogP contribution in [0.5, 0.6) is 11.5 Å². The molecule has 2 rings (SSSR count). The van der Waals surface area contributed by atoms with Gasteiger partial charge in [-0.3, -0.25) is 9.59 Å². The maximum Gasteiger partial charge on any atom is 0.306 e. The fourth-order valence-electron chi connectivity index (χ4n) is 2.21. The van der Waals surface area contributed by atoms with Crippen molar-refractivity contribution in [3.05, 3.63) is 56.6 Å². The Hall–Kier alpha value is -2.47. The molecule has 122 valence electrons. The molecule has 1 heterocycles. The summed E-state index contributed by atoms with van der Waals surface area (Å²) < 4.78 is 10.1. The van der Waals surface area contributed by atoms with E-state index in [1.165, 1.54) is 25.3 Å². The van der Waals surface area contributed by atoms with E-state index in [0.717, 1.165) is 6.07 Å². The monoisotopic (exact) mass is 338 g/mol. The highest BCUT2D eigenvalue weighted by Crippen LogP contribution is 2.36. The molecule has 1 aromatic heterocycles. The molecule has 1 atom stereocenters. The zero-order valence-corrected chi connectivity index (χ0v) is 13.3. The minimum Gasteiger partial charge on any atom is -0.506 e. The zero-order chi connectivity index (χ0) is 17.1. The first-order valence-corrected chi connectivity index (χ1v) is 7.10. The molecule has 0 saturated heterocycles. The van der Waals surface area contributed by atoms with Gasteiger partial charge in [0, 0.05) is 6.07 Å². The first-order valence-electron chi connectivity index (χ1n) is 6.72. The molecule has 0 aliphatic heterocycles. The lowest BCUT2D eigenvalue weighted by atomic mass is 9.92. The lowest BCUT2D eigenvalue weighted by Gasteiger charge is -2.17. The van der Waals surface area contributed by atoms with Gasteiger partial charge in [-0.05, 0) is 24.6 Å². The van der Waals surface area contributed by atoms with E-state index in [-0.39, 0.29) is 23.0 Å². The summed E-state index contributed by atoms with van der Waals surface area (Å²) in [6.07, 6.45) is -0.169. The highest BCUT2D eigenvalue weighted by molar-refractivity contribution is 6.32.